The van der Waals surface area contributed by atoms with Crippen LogP contribution in [0.3, 0.4) is 0 Å². The number of piperidine rings is 1. The lowest BCUT2D eigenvalue weighted by molar-refractivity contribution is -0.116. The maximum absolute atomic E-state index is 13.3. The van der Waals surface area contributed by atoms with Crippen molar-refractivity contribution in [2.45, 2.75) is 37.7 Å². The Hall–Kier alpha value is -3.86. The molecule has 35 heavy (non-hydrogen) atoms. The third kappa shape index (κ3) is 4.23. The first-order valence-corrected chi connectivity index (χ1v) is 12.4. The van der Waals surface area contributed by atoms with Crippen molar-refractivity contribution < 1.29 is 14.3 Å². The van der Waals surface area contributed by atoms with Crippen LogP contribution < -0.4 is 10.1 Å². The van der Waals surface area contributed by atoms with Gasteiger partial charge in [-0.2, -0.15) is 0 Å². The number of rotatable bonds is 2. The van der Waals surface area contributed by atoms with Gasteiger partial charge in [0.1, 0.15) is 11.4 Å². The molecule has 176 valence electrons. The number of hydrogen-bond acceptors (Lipinski definition) is 3. The second-order valence-corrected chi connectivity index (χ2v) is 9.68. The fourth-order valence-electron chi connectivity index (χ4n) is 5.32. The van der Waals surface area contributed by atoms with Crippen LogP contribution in [0.25, 0.3) is 17.2 Å². The van der Waals surface area contributed by atoms with Gasteiger partial charge in [-0.15, -0.1) is 0 Å². The molecule has 0 saturated carbocycles. The molecule has 2 amide bonds. The third-order valence-electron chi connectivity index (χ3n) is 7.37. The Bertz CT molecular complexity index is 1320. The number of ether oxygens (including phenoxy) is 1. The van der Waals surface area contributed by atoms with E-state index >= 15 is 0 Å². The molecule has 1 spiro atoms. The SMILES string of the molecule is O=C1CCCc2cc(C(=O)N3CCC4(C=Cc5cc(-c6ccccc6)ccc5O4)CC3)ccc2N1. The molecule has 0 aliphatic carbocycles. The van der Waals surface area contributed by atoms with Gasteiger partial charge in [-0.1, -0.05) is 42.5 Å². The fourth-order valence-corrected chi connectivity index (χ4v) is 5.32. The van der Waals surface area contributed by atoms with E-state index in [-0.39, 0.29) is 17.4 Å². The molecular weight excluding hydrogens is 436 g/mol. The predicted molar refractivity (Wildman–Crippen MR) is 137 cm³/mol. The van der Waals surface area contributed by atoms with E-state index in [1.807, 2.05) is 29.2 Å². The van der Waals surface area contributed by atoms with E-state index < -0.39 is 0 Å². The number of amides is 2. The fraction of sp³-hybridized carbons (Fsp3) is 0.267. The summed E-state index contributed by atoms with van der Waals surface area (Å²) in [4.78, 5) is 27.0. The maximum atomic E-state index is 13.3. The monoisotopic (exact) mass is 464 g/mol. The van der Waals surface area contributed by atoms with E-state index in [9.17, 15) is 9.59 Å². The van der Waals surface area contributed by atoms with Gasteiger partial charge in [0, 0.05) is 49.2 Å². The minimum atomic E-state index is -0.365. The van der Waals surface area contributed by atoms with Crippen molar-refractivity contribution in [2.75, 3.05) is 18.4 Å². The number of fused-ring (bicyclic) bond motifs is 2. The molecule has 1 saturated heterocycles. The van der Waals surface area contributed by atoms with Crippen molar-refractivity contribution in [3.63, 3.8) is 0 Å². The molecule has 0 unspecified atom stereocenters. The molecule has 0 bridgehead atoms. The molecule has 1 fully saturated rings. The summed E-state index contributed by atoms with van der Waals surface area (Å²) in [5.41, 5.74) is 5.65. The van der Waals surface area contributed by atoms with Gasteiger partial charge in [0.05, 0.1) is 0 Å². The Kier molecular flexibility index (Phi) is 5.40. The van der Waals surface area contributed by atoms with Gasteiger partial charge in [-0.25, -0.2) is 0 Å². The normalized spacial score (nSPS) is 18.2. The van der Waals surface area contributed by atoms with Crippen molar-refractivity contribution in [1.29, 1.82) is 0 Å². The molecule has 0 atom stereocenters. The van der Waals surface area contributed by atoms with Crippen LogP contribution in [-0.2, 0) is 11.2 Å². The molecule has 6 rings (SSSR count). The highest BCUT2D eigenvalue weighted by molar-refractivity contribution is 5.97. The molecule has 3 aliphatic rings. The minimum Gasteiger partial charge on any atom is -0.482 e. The van der Waals surface area contributed by atoms with Crippen molar-refractivity contribution in [3.05, 3.63) is 89.5 Å². The lowest BCUT2D eigenvalue weighted by atomic mass is 9.87. The van der Waals surface area contributed by atoms with Crippen LogP contribution in [0.1, 0.15) is 47.2 Å². The van der Waals surface area contributed by atoms with E-state index in [1.54, 1.807) is 0 Å². The molecule has 5 nitrogen and oxygen atoms in total. The second kappa shape index (κ2) is 8.73. The van der Waals surface area contributed by atoms with E-state index in [2.05, 4.69) is 59.9 Å². The summed E-state index contributed by atoms with van der Waals surface area (Å²) in [6.07, 6.45) is 8.01. The smallest absolute Gasteiger partial charge is 0.253 e. The first-order chi connectivity index (χ1) is 17.1. The Labute approximate surface area is 205 Å². The van der Waals surface area contributed by atoms with E-state index in [4.69, 9.17) is 4.74 Å². The number of hydrogen-bond donors (Lipinski definition) is 1. The summed E-state index contributed by atoms with van der Waals surface area (Å²) in [6.45, 7) is 1.29. The minimum absolute atomic E-state index is 0.0440. The van der Waals surface area contributed by atoms with Crippen molar-refractivity contribution >= 4 is 23.6 Å². The second-order valence-electron chi connectivity index (χ2n) is 9.68. The average molecular weight is 465 g/mol. The first kappa shape index (κ1) is 21.7. The Morgan fingerprint density at radius 1 is 0.914 bits per heavy atom. The average Bonchev–Trinajstić information content (AvgIpc) is 3.09. The molecule has 5 heteroatoms. The molecule has 0 aromatic heterocycles. The summed E-state index contributed by atoms with van der Waals surface area (Å²) < 4.78 is 6.52. The Morgan fingerprint density at radius 3 is 2.57 bits per heavy atom. The van der Waals surface area contributed by atoms with Crippen LogP contribution in [0.2, 0.25) is 0 Å². The molecular formula is C30H28N2O3. The van der Waals surface area contributed by atoms with Crippen LogP contribution in [0.4, 0.5) is 5.69 Å². The number of nitrogens with one attached hydrogen (secondary N) is 1. The summed E-state index contributed by atoms with van der Waals surface area (Å²) >= 11 is 0. The Balaban J connectivity index is 1.14. The molecule has 3 aliphatic heterocycles. The summed E-state index contributed by atoms with van der Waals surface area (Å²) in [5.74, 6) is 0.994. The maximum Gasteiger partial charge on any atom is 0.253 e. The molecule has 1 N–H and O–H groups in total. The van der Waals surface area contributed by atoms with Crippen molar-refractivity contribution in [1.82, 2.24) is 4.90 Å². The van der Waals surface area contributed by atoms with Crippen LogP contribution >= 0.6 is 0 Å². The highest BCUT2D eigenvalue weighted by atomic mass is 16.5. The van der Waals surface area contributed by atoms with Gasteiger partial charge in [-0.3, -0.25) is 9.59 Å². The van der Waals surface area contributed by atoms with Crippen molar-refractivity contribution in [2.24, 2.45) is 0 Å². The standard InChI is InChI=1S/C30H28N2O3/c33-28-8-4-7-23-20-25(9-11-26(23)31-28)29(34)32-17-15-30(16-18-32)14-13-24-19-22(10-12-27(24)35-30)21-5-2-1-3-6-21/h1-3,5-6,9-14,19-20H,4,7-8,15-18H2,(H,31,33). The van der Waals surface area contributed by atoms with Crippen molar-refractivity contribution in [3.8, 4) is 16.9 Å². The topological polar surface area (TPSA) is 58.6 Å². The van der Waals surface area contributed by atoms with E-state index in [0.717, 1.165) is 48.2 Å². The zero-order valence-corrected chi connectivity index (χ0v) is 19.6. The number of likely N-dealkylation sites (tertiary alicyclic amines) is 1. The summed E-state index contributed by atoms with van der Waals surface area (Å²) in [5, 5.41) is 2.94. The Morgan fingerprint density at radius 2 is 1.74 bits per heavy atom. The number of benzene rings is 3. The highest BCUT2D eigenvalue weighted by Gasteiger charge is 2.38. The largest absolute Gasteiger partial charge is 0.482 e. The molecule has 0 radical (unpaired) electrons. The lowest BCUT2D eigenvalue weighted by Gasteiger charge is -2.42. The molecule has 3 aromatic rings. The number of aryl methyl sites for hydroxylation is 1. The van der Waals surface area contributed by atoms with Crippen LogP contribution in [0, 0.1) is 0 Å². The molecule has 3 aromatic carbocycles. The van der Waals surface area contributed by atoms with Gasteiger partial charge >= 0.3 is 0 Å². The third-order valence-corrected chi connectivity index (χ3v) is 7.37. The van der Waals surface area contributed by atoms with Gasteiger partial charge in [0.15, 0.2) is 0 Å². The first-order valence-electron chi connectivity index (χ1n) is 12.4. The van der Waals surface area contributed by atoms with Gasteiger partial charge in [0.2, 0.25) is 5.91 Å². The highest BCUT2D eigenvalue weighted by Crippen LogP contribution is 2.39. The quantitative estimate of drug-likeness (QED) is 0.529. The van der Waals surface area contributed by atoms with Gasteiger partial charge < -0.3 is 15.0 Å². The molecule has 3 heterocycles. The van der Waals surface area contributed by atoms with Gasteiger partial charge in [-0.05, 0) is 65.9 Å². The number of nitrogens with zero attached hydrogens (tertiary/aromatic N) is 1. The van der Waals surface area contributed by atoms with Crippen LogP contribution in [-0.4, -0.2) is 35.4 Å². The summed E-state index contributed by atoms with van der Waals surface area (Å²) in [7, 11) is 0. The number of carbonyl (C=O) groups excluding carboxylic acids is 2. The zero-order valence-electron chi connectivity index (χ0n) is 19.6. The van der Waals surface area contributed by atoms with Crippen LogP contribution in [0.15, 0.2) is 72.8 Å². The number of anilines is 1. The lowest BCUT2D eigenvalue weighted by Crippen LogP contribution is -2.49. The van der Waals surface area contributed by atoms with E-state index in [1.165, 1.54) is 11.1 Å². The summed E-state index contributed by atoms with van der Waals surface area (Å²) in [6, 6.07) is 22.3. The van der Waals surface area contributed by atoms with Gasteiger partial charge in [0.25, 0.3) is 5.91 Å². The zero-order chi connectivity index (χ0) is 23.8. The predicted octanol–water partition coefficient (Wildman–Crippen LogP) is 5.71. The van der Waals surface area contributed by atoms with Crippen LogP contribution in [0.5, 0.6) is 5.75 Å². The van der Waals surface area contributed by atoms with E-state index in [0.29, 0.717) is 25.1 Å². The number of carbonyl (C=O) groups is 2.